The van der Waals surface area contributed by atoms with E-state index in [1.165, 1.54) is 4.90 Å². The number of primary sulfonamides is 1. The van der Waals surface area contributed by atoms with Crippen LogP contribution in [0.4, 0.5) is 5.69 Å². The van der Waals surface area contributed by atoms with Gasteiger partial charge in [-0.25, -0.2) is 13.6 Å². The molecule has 1 heterocycles. The number of para-hydroxylation sites is 1. The number of nitrogens with two attached hydrogens (primary N) is 1. The first-order valence-corrected chi connectivity index (χ1v) is 7.73. The van der Waals surface area contributed by atoms with Gasteiger partial charge >= 0.3 is 0 Å². The molecule has 4 nitrogen and oxygen atoms in total. The predicted molar refractivity (Wildman–Crippen MR) is 67.4 cm³/mol. The first-order chi connectivity index (χ1) is 7.56. The van der Waals surface area contributed by atoms with Crippen LogP contribution >= 0.6 is 11.8 Å². The Hall–Kier alpha value is -0.720. The fourth-order valence-electron chi connectivity index (χ4n) is 1.70. The number of hydrogen-bond donors (Lipinski definition) is 1. The van der Waals surface area contributed by atoms with Crippen molar-refractivity contribution in [1.82, 2.24) is 0 Å². The van der Waals surface area contributed by atoms with Crippen LogP contribution in [0.2, 0.25) is 0 Å². The monoisotopic (exact) mass is 258 g/mol. The second-order valence-electron chi connectivity index (χ2n) is 3.67. The van der Waals surface area contributed by atoms with E-state index >= 15 is 0 Å². The highest BCUT2D eigenvalue weighted by Gasteiger charge is 2.17. The van der Waals surface area contributed by atoms with Crippen LogP contribution in [0.5, 0.6) is 0 Å². The van der Waals surface area contributed by atoms with E-state index in [9.17, 15) is 8.42 Å². The van der Waals surface area contributed by atoms with Crippen LogP contribution in [0.1, 0.15) is 0 Å². The molecule has 1 aliphatic heterocycles. The Morgan fingerprint density at radius 1 is 1.38 bits per heavy atom. The maximum atomic E-state index is 10.9. The average molecular weight is 258 g/mol. The van der Waals surface area contributed by atoms with Crippen LogP contribution in [0.3, 0.4) is 0 Å². The van der Waals surface area contributed by atoms with Crippen molar-refractivity contribution in [2.75, 3.05) is 29.5 Å². The number of rotatable bonds is 3. The van der Waals surface area contributed by atoms with Gasteiger partial charge in [0.2, 0.25) is 10.0 Å². The molecule has 2 rings (SSSR count). The number of anilines is 1. The van der Waals surface area contributed by atoms with Gasteiger partial charge in [-0.15, -0.1) is 11.8 Å². The van der Waals surface area contributed by atoms with Crippen molar-refractivity contribution in [2.24, 2.45) is 5.14 Å². The van der Waals surface area contributed by atoms with E-state index in [4.69, 9.17) is 5.14 Å². The molecule has 1 aliphatic rings. The fourth-order valence-corrected chi connectivity index (χ4v) is 3.22. The van der Waals surface area contributed by atoms with Gasteiger partial charge in [0.1, 0.15) is 0 Å². The minimum atomic E-state index is -3.37. The van der Waals surface area contributed by atoms with E-state index in [2.05, 4.69) is 11.0 Å². The molecule has 0 aliphatic carbocycles. The molecule has 0 atom stereocenters. The van der Waals surface area contributed by atoms with Gasteiger partial charge in [-0.05, 0) is 12.1 Å². The predicted octanol–water partition coefficient (Wildman–Crippen LogP) is 0.887. The molecule has 0 aromatic heterocycles. The van der Waals surface area contributed by atoms with E-state index in [0.29, 0.717) is 6.54 Å². The van der Waals surface area contributed by atoms with Gasteiger partial charge in [-0.3, -0.25) is 0 Å². The lowest BCUT2D eigenvalue weighted by Crippen LogP contribution is -2.35. The largest absolute Gasteiger partial charge is 0.369 e. The molecule has 0 spiro atoms. The normalized spacial score (nSPS) is 15.9. The zero-order chi connectivity index (χ0) is 11.6. The molecule has 0 fully saturated rings. The van der Waals surface area contributed by atoms with Gasteiger partial charge in [0.05, 0.1) is 11.4 Å². The van der Waals surface area contributed by atoms with Crippen molar-refractivity contribution in [1.29, 1.82) is 0 Å². The highest BCUT2D eigenvalue weighted by molar-refractivity contribution is 7.99. The van der Waals surface area contributed by atoms with E-state index < -0.39 is 10.0 Å². The first-order valence-electron chi connectivity index (χ1n) is 5.03. The van der Waals surface area contributed by atoms with Crippen molar-refractivity contribution in [3.05, 3.63) is 24.3 Å². The molecule has 88 valence electrons. The zero-order valence-electron chi connectivity index (χ0n) is 8.80. The van der Waals surface area contributed by atoms with Crippen molar-refractivity contribution < 1.29 is 8.42 Å². The summed E-state index contributed by atoms with van der Waals surface area (Å²) in [6.45, 7) is 1.34. The van der Waals surface area contributed by atoms with Gasteiger partial charge in [0.25, 0.3) is 0 Å². The van der Waals surface area contributed by atoms with Crippen LogP contribution in [-0.2, 0) is 10.0 Å². The second-order valence-corrected chi connectivity index (χ2v) is 6.54. The Kier molecular flexibility index (Phi) is 3.41. The minimum Gasteiger partial charge on any atom is -0.369 e. The molecule has 0 unspecified atom stereocenters. The third-order valence-corrected chi connectivity index (χ3v) is 4.26. The standard InChI is InChI=1S/C10H14N2O2S2/c11-16(13,14)8-6-12-5-7-15-10-4-2-1-3-9(10)12/h1-4H,5-8H2,(H2,11,13,14). The molecule has 16 heavy (non-hydrogen) atoms. The van der Waals surface area contributed by atoms with E-state index in [1.807, 2.05) is 18.2 Å². The van der Waals surface area contributed by atoms with Gasteiger partial charge in [0, 0.05) is 23.7 Å². The quantitative estimate of drug-likeness (QED) is 0.874. The van der Waals surface area contributed by atoms with E-state index in [-0.39, 0.29) is 5.75 Å². The summed E-state index contributed by atoms with van der Waals surface area (Å²) in [5, 5.41) is 5.01. The van der Waals surface area contributed by atoms with Crippen LogP contribution in [0, 0.1) is 0 Å². The minimum absolute atomic E-state index is 0.00595. The van der Waals surface area contributed by atoms with Crippen molar-refractivity contribution in [2.45, 2.75) is 4.90 Å². The lowest BCUT2D eigenvalue weighted by Gasteiger charge is -2.30. The van der Waals surface area contributed by atoms with Gasteiger partial charge in [-0.2, -0.15) is 0 Å². The topological polar surface area (TPSA) is 63.4 Å². The van der Waals surface area contributed by atoms with Crippen molar-refractivity contribution >= 4 is 27.5 Å². The van der Waals surface area contributed by atoms with Crippen LogP contribution < -0.4 is 10.0 Å². The Bertz CT molecular complexity index is 473. The highest BCUT2D eigenvalue weighted by Crippen LogP contribution is 2.33. The van der Waals surface area contributed by atoms with Crippen LogP contribution in [-0.4, -0.2) is 33.0 Å². The first kappa shape index (κ1) is 11.8. The van der Waals surface area contributed by atoms with Gasteiger partial charge < -0.3 is 4.90 Å². The number of sulfonamides is 1. The maximum Gasteiger partial charge on any atom is 0.210 e. The Morgan fingerprint density at radius 2 is 2.12 bits per heavy atom. The third-order valence-electron chi connectivity index (χ3n) is 2.47. The summed E-state index contributed by atoms with van der Waals surface area (Å²) in [6, 6.07) is 8.04. The zero-order valence-corrected chi connectivity index (χ0v) is 10.4. The number of hydrogen-bond acceptors (Lipinski definition) is 4. The molecule has 0 saturated heterocycles. The number of nitrogens with zero attached hydrogens (tertiary/aromatic N) is 1. The molecule has 0 bridgehead atoms. The Morgan fingerprint density at radius 3 is 2.88 bits per heavy atom. The van der Waals surface area contributed by atoms with Gasteiger partial charge in [-0.1, -0.05) is 12.1 Å². The molecule has 6 heteroatoms. The van der Waals surface area contributed by atoms with Crippen molar-refractivity contribution in [3.8, 4) is 0 Å². The smallest absolute Gasteiger partial charge is 0.210 e. The van der Waals surface area contributed by atoms with E-state index in [0.717, 1.165) is 18.0 Å². The lowest BCUT2D eigenvalue weighted by atomic mass is 10.3. The molecular formula is C10H14N2O2S2. The number of benzene rings is 1. The molecular weight excluding hydrogens is 244 g/mol. The fraction of sp³-hybridized carbons (Fsp3) is 0.400. The highest BCUT2D eigenvalue weighted by atomic mass is 32.2. The molecule has 0 saturated carbocycles. The molecule has 1 aromatic rings. The number of thioether (sulfide) groups is 1. The van der Waals surface area contributed by atoms with Crippen LogP contribution in [0.15, 0.2) is 29.2 Å². The summed E-state index contributed by atoms with van der Waals surface area (Å²) in [5.41, 5.74) is 1.11. The summed E-state index contributed by atoms with van der Waals surface area (Å²) >= 11 is 1.80. The summed E-state index contributed by atoms with van der Waals surface area (Å²) < 4.78 is 21.9. The molecule has 0 amide bonds. The van der Waals surface area contributed by atoms with Crippen LogP contribution in [0.25, 0.3) is 0 Å². The van der Waals surface area contributed by atoms with Gasteiger partial charge in [0.15, 0.2) is 0 Å². The number of fused-ring (bicyclic) bond motifs is 1. The molecule has 0 radical (unpaired) electrons. The molecule has 2 N–H and O–H groups in total. The Labute approximate surface area is 99.9 Å². The van der Waals surface area contributed by atoms with Crippen molar-refractivity contribution in [3.63, 3.8) is 0 Å². The average Bonchev–Trinajstić information content (AvgIpc) is 2.25. The summed E-state index contributed by atoms with van der Waals surface area (Å²) in [5.74, 6) is 0.994. The summed E-state index contributed by atoms with van der Waals surface area (Å²) in [6.07, 6.45) is 0. The maximum absolute atomic E-state index is 10.9. The second kappa shape index (κ2) is 4.65. The lowest BCUT2D eigenvalue weighted by molar-refractivity contribution is 0.596. The summed E-state index contributed by atoms with van der Waals surface area (Å²) in [4.78, 5) is 3.29. The Balaban J connectivity index is 2.13. The van der Waals surface area contributed by atoms with E-state index in [1.54, 1.807) is 11.8 Å². The SMILES string of the molecule is NS(=O)(=O)CCN1CCSc2ccccc21. The third kappa shape index (κ3) is 2.90. The molecule has 1 aromatic carbocycles. The summed E-state index contributed by atoms with van der Waals surface area (Å²) in [7, 11) is -3.37.